The van der Waals surface area contributed by atoms with Crippen LogP contribution in [0.3, 0.4) is 0 Å². The Morgan fingerprint density at radius 1 is 0.889 bits per heavy atom. The van der Waals surface area contributed by atoms with Gasteiger partial charge in [-0.15, -0.1) is 0 Å². The van der Waals surface area contributed by atoms with Crippen LogP contribution in [0.15, 0.2) is 134 Å². The molecule has 1 aliphatic carbocycles. The molecule has 3 nitrogen and oxygen atoms in total. The van der Waals surface area contributed by atoms with Crippen LogP contribution in [-0.4, -0.2) is 13.6 Å². The summed E-state index contributed by atoms with van der Waals surface area (Å²) >= 11 is 0. The van der Waals surface area contributed by atoms with Gasteiger partial charge in [0.15, 0.2) is 0 Å². The first-order chi connectivity index (χ1) is 17.2. The Morgan fingerprint density at radius 3 is 2.14 bits per heavy atom. The molecule has 0 fully saturated rings. The first-order valence-corrected chi connectivity index (χ1v) is 12.2. The normalized spacial score (nSPS) is 13.2. The summed E-state index contributed by atoms with van der Waals surface area (Å²) in [5, 5.41) is 0. The molecule has 1 aliphatic rings. The number of hydrogen-bond acceptors (Lipinski definition) is 3. The molecule has 3 heteroatoms. The highest BCUT2D eigenvalue weighted by atomic mass is 15.1. The summed E-state index contributed by atoms with van der Waals surface area (Å²) in [5.41, 5.74) is 8.56. The van der Waals surface area contributed by atoms with Gasteiger partial charge >= 0.3 is 0 Å². The number of aryl methyl sites for hydroxylation is 1. The second-order valence-electron chi connectivity index (χ2n) is 8.77. The standard InChI is InChI=1S/C33H34N2.H3N/c1-4-5-12-29(28-13-8-6-9-14-28)25-26-35(32-15-10-7-11-16-32)33-23-21-31(22-24-33)34(3)30-19-17-27(2)18-20-30;/h4-10,12-15,17-25H,1,11,16,26H2,2-3H3;1H3/b12-5-,29-25+;. The molecule has 0 amide bonds. The lowest BCUT2D eigenvalue weighted by molar-refractivity contribution is 0.869. The fraction of sp³-hybridized carbons (Fsp3) is 0.152. The minimum atomic E-state index is 0. The fourth-order valence-electron chi connectivity index (χ4n) is 4.25. The first kappa shape index (κ1) is 26.5. The molecule has 3 aromatic carbocycles. The Balaban J connectivity index is 0.00000361. The number of nitrogens with zero attached hydrogens (tertiary/aromatic N) is 2. The van der Waals surface area contributed by atoms with Crippen LogP contribution in [0.25, 0.3) is 5.57 Å². The number of rotatable bonds is 9. The third-order valence-corrected chi connectivity index (χ3v) is 6.32. The number of benzene rings is 3. The van der Waals surface area contributed by atoms with Crippen molar-refractivity contribution in [3.05, 3.63) is 145 Å². The van der Waals surface area contributed by atoms with Crippen molar-refractivity contribution in [2.75, 3.05) is 23.4 Å². The molecule has 4 rings (SSSR count). The van der Waals surface area contributed by atoms with E-state index in [-0.39, 0.29) is 6.15 Å². The molecule has 0 radical (unpaired) electrons. The minimum absolute atomic E-state index is 0. The maximum atomic E-state index is 3.85. The molecule has 0 bridgehead atoms. The molecule has 0 spiro atoms. The van der Waals surface area contributed by atoms with Crippen molar-refractivity contribution in [2.24, 2.45) is 0 Å². The van der Waals surface area contributed by atoms with E-state index in [1.165, 1.54) is 39.5 Å². The highest BCUT2D eigenvalue weighted by Gasteiger charge is 2.13. The third kappa shape index (κ3) is 6.74. The molecule has 3 aromatic rings. The van der Waals surface area contributed by atoms with E-state index in [0.717, 1.165) is 19.4 Å². The van der Waals surface area contributed by atoms with Gasteiger partial charge in [-0.1, -0.05) is 91.1 Å². The van der Waals surface area contributed by atoms with Crippen molar-refractivity contribution in [1.82, 2.24) is 6.15 Å². The van der Waals surface area contributed by atoms with Crippen molar-refractivity contribution >= 4 is 22.6 Å². The number of hydrogen-bond donors (Lipinski definition) is 1. The van der Waals surface area contributed by atoms with Crippen molar-refractivity contribution in [1.29, 1.82) is 0 Å². The summed E-state index contributed by atoms with van der Waals surface area (Å²) in [6.45, 7) is 6.75. The van der Waals surface area contributed by atoms with E-state index in [0.29, 0.717) is 0 Å². The zero-order chi connectivity index (χ0) is 24.5. The van der Waals surface area contributed by atoms with Gasteiger partial charge < -0.3 is 16.0 Å². The van der Waals surface area contributed by atoms with Crippen LogP contribution >= 0.6 is 0 Å². The van der Waals surface area contributed by atoms with Gasteiger partial charge in [-0.3, -0.25) is 0 Å². The molecule has 36 heavy (non-hydrogen) atoms. The van der Waals surface area contributed by atoms with E-state index in [2.05, 4.69) is 140 Å². The van der Waals surface area contributed by atoms with E-state index < -0.39 is 0 Å². The SMILES string of the molecule is C=C/C=C\C(=C/CN(C1=CC=CCC1)c1ccc(N(C)c2ccc(C)cc2)cc1)c1ccccc1.N. The quantitative estimate of drug-likeness (QED) is 0.314. The van der Waals surface area contributed by atoms with Gasteiger partial charge in [-0.05, 0) is 73.4 Å². The molecule has 0 atom stereocenters. The topological polar surface area (TPSA) is 41.5 Å². The van der Waals surface area contributed by atoms with Gasteiger partial charge in [-0.2, -0.15) is 0 Å². The van der Waals surface area contributed by atoms with Crippen LogP contribution in [0, 0.1) is 6.92 Å². The van der Waals surface area contributed by atoms with E-state index in [1.807, 2.05) is 12.2 Å². The Hall–Kier alpha value is -4.08. The number of allylic oxidation sites excluding steroid dienone is 8. The van der Waals surface area contributed by atoms with Crippen LogP contribution < -0.4 is 16.0 Å². The van der Waals surface area contributed by atoms with Crippen molar-refractivity contribution < 1.29 is 0 Å². The average molecular weight is 476 g/mol. The summed E-state index contributed by atoms with van der Waals surface area (Å²) in [7, 11) is 2.12. The zero-order valence-corrected chi connectivity index (χ0v) is 21.5. The predicted molar refractivity (Wildman–Crippen MR) is 158 cm³/mol. The lowest BCUT2D eigenvalue weighted by Crippen LogP contribution is -2.23. The molecule has 0 unspecified atom stereocenters. The third-order valence-electron chi connectivity index (χ3n) is 6.32. The lowest BCUT2D eigenvalue weighted by Gasteiger charge is -2.29. The summed E-state index contributed by atoms with van der Waals surface area (Å²) in [4.78, 5) is 4.65. The van der Waals surface area contributed by atoms with E-state index in [9.17, 15) is 0 Å². The summed E-state index contributed by atoms with van der Waals surface area (Å²) in [6.07, 6.45) is 17.0. The maximum absolute atomic E-state index is 3.85. The van der Waals surface area contributed by atoms with E-state index in [4.69, 9.17) is 0 Å². The van der Waals surface area contributed by atoms with Gasteiger partial charge in [0.1, 0.15) is 0 Å². The van der Waals surface area contributed by atoms with Gasteiger partial charge in [0.05, 0.1) is 0 Å². The number of anilines is 3. The van der Waals surface area contributed by atoms with Gasteiger partial charge in [0, 0.05) is 36.4 Å². The summed E-state index contributed by atoms with van der Waals surface area (Å²) in [6, 6.07) is 28.1. The highest BCUT2D eigenvalue weighted by Crippen LogP contribution is 2.30. The molecule has 0 heterocycles. The van der Waals surface area contributed by atoms with Crippen molar-refractivity contribution in [3.8, 4) is 0 Å². The monoisotopic (exact) mass is 475 g/mol. The average Bonchev–Trinajstić information content (AvgIpc) is 2.92. The molecule has 0 saturated carbocycles. The second kappa shape index (κ2) is 13.1. The molecule has 0 saturated heterocycles. The smallest absolute Gasteiger partial charge is 0.0417 e. The van der Waals surface area contributed by atoms with Crippen LogP contribution in [0.4, 0.5) is 17.1 Å². The Kier molecular flexibility index (Phi) is 9.67. The molecular formula is C33H37N3. The second-order valence-corrected chi connectivity index (χ2v) is 8.77. The van der Waals surface area contributed by atoms with Gasteiger partial charge in [0.25, 0.3) is 0 Å². The minimum Gasteiger partial charge on any atom is -0.345 e. The Morgan fingerprint density at radius 2 is 1.53 bits per heavy atom. The molecule has 184 valence electrons. The maximum Gasteiger partial charge on any atom is 0.0417 e. The molecule has 0 aliphatic heterocycles. The van der Waals surface area contributed by atoms with Crippen LogP contribution in [0.1, 0.15) is 24.0 Å². The van der Waals surface area contributed by atoms with E-state index in [1.54, 1.807) is 0 Å². The predicted octanol–water partition coefficient (Wildman–Crippen LogP) is 8.79. The van der Waals surface area contributed by atoms with Crippen LogP contribution in [0.2, 0.25) is 0 Å². The van der Waals surface area contributed by atoms with Crippen LogP contribution in [-0.2, 0) is 0 Å². The Bertz CT molecular complexity index is 1230. The summed E-state index contributed by atoms with van der Waals surface area (Å²) < 4.78 is 0. The zero-order valence-electron chi connectivity index (χ0n) is 21.5. The highest BCUT2D eigenvalue weighted by molar-refractivity contribution is 5.75. The van der Waals surface area contributed by atoms with E-state index >= 15 is 0 Å². The van der Waals surface area contributed by atoms with Crippen molar-refractivity contribution in [3.63, 3.8) is 0 Å². The molecule has 3 N–H and O–H groups in total. The van der Waals surface area contributed by atoms with Gasteiger partial charge in [-0.25, -0.2) is 0 Å². The van der Waals surface area contributed by atoms with Crippen molar-refractivity contribution in [2.45, 2.75) is 19.8 Å². The van der Waals surface area contributed by atoms with Crippen LogP contribution in [0.5, 0.6) is 0 Å². The molecule has 0 aromatic heterocycles. The Labute approximate surface area is 216 Å². The fourth-order valence-corrected chi connectivity index (χ4v) is 4.25. The molecular weight excluding hydrogens is 438 g/mol. The van der Waals surface area contributed by atoms with Gasteiger partial charge in [0.2, 0.25) is 0 Å². The lowest BCUT2D eigenvalue weighted by atomic mass is 10.0. The summed E-state index contributed by atoms with van der Waals surface area (Å²) in [5.74, 6) is 0. The first-order valence-electron chi connectivity index (χ1n) is 12.2. The largest absolute Gasteiger partial charge is 0.345 e.